The van der Waals surface area contributed by atoms with E-state index in [1.54, 1.807) is 18.2 Å². The van der Waals surface area contributed by atoms with Gasteiger partial charge in [0.25, 0.3) is 0 Å². The predicted molar refractivity (Wildman–Crippen MR) is 133 cm³/mol. The molecule has 10 heteroatoms. The maximum Gasteiger partial charge on any atom is 0.172 e. The minimum atomic E-state index is -0.653. The van der Waals surface area contributed by atoms with E-state index in [1.165, 1.54) is 6.33 Å². The predicted octanol–water partition coefficient (Wildman–Crippen LogP) is 3.00. The normalized spacial score (nSPS) is 25.4. The molecule has 2 saturated heterocycles. The standard InChI is InChI=1S/C25H30FN5O3S/c26-23-19(2-1-3-21(23)34-14-18-4-7-33-18)20-13-31(25-22(20)24(27)28-15-29-25)17-10-16(11-17)12-30-5-8-35(32)9-6-30/h1-3,13,15-18H,4-12,14H2,(H2,27,28,29). The van der Waals surface area contributed by atoms with Crippen LogP contribution in [0.4, 0.5) is 10.2 Å². The van der Waals surface area contributed by atoms with Crippen molar-refractivity contribution >= 4 is 28.0 Å². The minimum Gasteiger partial charge on any atom is -0.616 e. The van der Waals surface area contributed by atoms with E-state index in [0.717, 1.165) is 62.7 Å². The number of aromatic nitrogens is 3. The number of rotatable bonds is 7. The number of nitrogens with zero attached hydrogens (tertiary/aromatic N) is 4. The van der Waals surface area contributed by atoms with Crippen molar-refractivity contribution in [2.24, 2.45) is 5.92 Å². The Labute approximate surface area is 206 Å². The second-order valence-corrected chi connectivity index (χ2v) is 11.5. The summed E-state index contributed by atoms with van der Waals surface area (Å²) in [4.78, 5) is 11.1. The molecule has 1 atom stereocenters. The molecule has 35 heavy (non-hydrogen) atoms. The van der Waals surface area contributed by atoms with Gasteiger partial charge >= 0.3 is 0 Å². The molecule has 1 aliphatic carbocycles. The Hall–Kier alpha value is -2.40. The lowest BCUT2D eigenvalue weighted by atomic mass is 9.79. The number of anilines is 1. The summed E-state index contributed by atoms with van der Waals surface area (Å²) in [6.07, 6.45) is 6.46. The van der Waals surface area contributed by atoms with Crippen LogP contribution in [0.5, 0.6) is 5.75 Å². The van der Waals surface area contributed by atoms with Gasteiger partial charge in [0.2, 0.25) is 0 Å². The molecule has 8 nitrogen and oxygen atoms in total. The lowest BCUT2D eigenvalue weighted by molar-refractivity contribution is -0.0725. The van der Waals surface area contributed by atoms with Gasteiger partial charge in [0.1, 0.15) is 35.9 Å². The third kappa shape index (κ3) is 4.48. The molecular formula is C25H30FN5O3S. The lowest BCUT2D eigenvalue weighted by Crippen LogP contribution is -2.45. The largest absolute Gasteiger partial charge is 0.616 e. The second-order valence-electron chi connectivity index (χ2n) is 9.76. The third-order valence-electron chi connectivity index (χ3n) is 7.50. The fourth-order valence-corrected chi connectivity index (χ4v) is 6.45. The van der Waals surface area contributed by atoms with Crippen LogP contribution in [0.1, 0.15) is 25.3 Å². The first-order valence-electron chi connectivity index (χ1n) is 12.3. The van der Waals surface area contributed by atoms with Crippen molar-refractivity contribution in [2.75, 3.05) is 50.1 Å². The van der Waals surface area contributed by atoms with Crippen LogP contribution in [0.2, 0.25) is 0 Å². The minimum absolute atomic E-state index is 0.0302. The Morgan fingerprint density at radius 2 is 2.00 bits per heavy atom. The average molecular weight is 500 g/mol. The van der Waals surface area contributed by atoms with Gasteiger partial charge in [0, 0.05) is 56.0 Å². The zero-order valence-electron chi connectivity index (χ0n) is 19.6. The number of hydrogen-bond donors (Lipinski definition) is 1. The molecule has 2 N–H and O–H groups in total. The highest BCUT2D eigenvalue weighted by molar-refractivity contribution is 7.91. The molecule has 3 aliphatic rings. The Morgan fingerprint density at radius 1 is 1.20 bits per heavy atom. The summed E-state index contributed by atoms with van der Waals surface area (Å²) in [5.74, 6) is 2.28. The van der Waals surface area contributed by atoms with Gasteiger partial charge in [-0.3, -0.25) is 4.90 Å². The topological polar surface area (TPSA) is 101 Å². The summed E-state index contributed by atoms with van der Waals surface area (Å²) < 4.78 is 40.5. The first kappa shape index (κ1) is 23.0. The van der Waals surface area contributed by atoms with Crippen LogP contribution in [0.3, 0.4) is 0 Å². The van der Waals surface area contributed by atoms with Crippen molar-refractivity contribution in [1.29, 1.82) is 0 Å². The molecule has 0 radical (unpaired) electrons. The van der Waals surface area contributed by atoms with Crippen molar-refractivity contribution < 1.29 is 18.4 Å². The Kier molecular flexibility index (Phi) is 6.30. The van der Waals surface area contributed by atoms with E-state index in [9.17, 15) is 4.55 Å². The molecule has 0 spiro atoms. The van der Waals surface area contributed by atoms with Crippen molar-refractivity contribution in [3.63, 3.8) is 0 Å². The fraction of sp³-hybridized carbons (Fsp3) is 0.520. The molecule has 2 aliphatic heterocycles. The van der Waals surface area contributed by atoms with Crippen molar-refractivity contribution in [1.82, 2.24) is 19.4 Å². The van der Waals surface area contributed by atoms with E-state index in [0.29, 0.717) is 34.9 Å². The first-order valence-corrected chi connectivity index (χ1v) is 13.8. The van der Waals surface area contributed by atoms with Crippen LogP contribution >= 0.6 is 0 Å². The Balaban J connectivity index is 1.24. The van der Waals surface area contributed by atoms with Crippen LogP contribution in [-0.2, 0) is 15.9 Å². The third-order valence-corrected chi connectivity index (χ3v) is 8.78. The van der Waals surface area contributed by atoms with Gasteiger partial charge in [0.05, 0.1) is 11.5 Å². The average Bonchev–Trinajstić information content (AvgIpc) is 3.17. The lowest BCUT2D eigenvalue weighted by Gasteiger charge is -2.40. The maximum atomic E-state index is 15.6. The van der Waals surface area contributed by atoms with E-state index < -0.39 is 17.0 Å². The molecule has 3 aromatic rings. The monoisotopic (exact) mass is 499 g/mol. The Morgan fingerprint density at radius 3 is 2.74 bits per heavy atom. The van der Waals surface area contributed by atoms with E-state index in [-0.39, 0.29) is 17.9 Å². The zero-order valence-corrected chi connectivity index (χ0v) is 20.4. The SMILES string of the molecule is Nc1ncnc2c1c(-c1cccc(OCC3CCO3)c1F)cn2C1CC(CN2CC[S+]([O-])CC2)C1. The van der Waals surface area contributed by atoms with Crippen LogP contribution in [0.15, 0.2) is 30.7 Å². The van der Waals surface area contributed by atoms with E-state index in [1.807, 2.05) is 6.20 Å². The molecule has 1 aromatic carbocycles. The maximum absolute atomic E-state index is 15.6. The van der Waals surface area contributed by atoms with E-state index >= 15 is 4.39 Å². The van der Waals surface area contributed by atoms with Gasteiger partial charge in [-0.05, 0) is 24.8 Å². The molecule has 0 amide bonds. The molecule has 1 saturated carbocycles. The van der Waals surface area contributed by atoms with E-state index in [4.69, 9.17) is 15.2 Å². The summed E-state index contributed by atoms with van der Waals surface area (Å²) >= 11 is -0.653. The van der Waals surface area contributed by atoms with E-state index in [2.05, 4.69) is 19.4 Å². The van der Waals surface area contributed by atoms with Gasteiger partial charge in [-0.2, -0.15) is 0 Å². The Bertz CT molecular complexity index is 1210. The number of hydrogen-bond acceptors (Lipinski definition) is 7. The highest BCUT2D eigenvalue weighted by Gasteiger charge is 2.35. The highest BCUT2D eigenvalue weighted by atomic mass is 32.2. The smallest absolute Gasteiger partial charge is 0.172 e. The fourth-order valence-electron chi connectivity index (χ4n) is 5.32. The summed E-state index contributed by atoms with van der Waals surface area (Å²) in [5.41, 5.74) is 8.12. The van der Waals surface area contributed by atoms with Gasteiger partial charge in [0.15, 0.2) is 11.6 Å². The van der Waals surface area contributed by atoms with Gasteiger partial charge in [-0.1, -0.05) is 23.3 Å². The van der Waals surface area contributed by atoms with Gasteiger partial charge in [-0.15, -0.1) is 0 Å². The molecule has 1 unspecified atom stereocenters. The zero-order chi connectivity index (χ0) is 23.9. The van der Waals surface area contributed by atoms with Gasteiger partial charge < -0.3 is 24.3 Å². The summed E-state index contributed by atoms with van der Waals surface area (Å²) in [6, 6.07) is 5.47. The molecule has 6 rings (SSSR count). The summed E-state index contributed by atoms with van der Waals surface area (Å²) in [5, 5.41) is 0.674. The molecule has 3 fully saturated rings. The van der Waals surface area contributed by atoms with Crippen LogP contribution in [0, 0.1) is 11.7 Å². The summed E-state index contributed by atoms with van der Waals surface area (Å²) in [6.45, 7) is 3.94. The molecule has 2 aromatic heterocycles. The number of benzene rings is 1. The van der Waals surface area contributed by atoms with Crippen LogP contribution in [0.25, 0.3) is 22.2 Å². The molecule has 4 heterocycles. The number of fused-ring (bicyclic) bond motifs is 1. The molecule has 0 bridgehead atoms. The first-order chi connectivity index (χ1) is 17.1. The number of nitrogens with two attached hydrogens (primary N) is 1. The number of halogens is 1. The second kappa shape index (κ2) is 9.57. The van der Waals surface area contributed by atoms with Crippen molar-refractivity contribution in [3.8, 4) is 16.9 Å². The summed E-state index contributed by atoms with van der Waals surface area (Å²) in [7, 11) is 0. The molecule has 186 valence electrons. The van der Waals surface area contributed by atoms with Crippen molar-refractivity contribution in [2.45, 2.75) is 31.4 Å². The quantitative estimate of drug-likeness (QED) is 0.499. The number of ether oxygens (including phenoxy) is 2. The van der Waals surface area contributed by atoms with Crippen LogP contribution < -0.4 is 10.5 Å². The number of nitrogen functional groups attached to an aromatic ring is 1. The highest BCUT2D eigenvalue weighted by Crippen LogP contribution is 2.44. The van der Waals surface area contributed by atoms with Crippen molar-refractivity contribution in [3.05, 3.63) is 36.5 Å². The molecular weight excluding hydrogens is 469 g/mol. The van der Waals surface area contributed by atoms with Crippen LogP contribution in [-0.4, -0.2) is 74.4 Å². The van der Waals surface area contributed by atoms with Gasteiger partial charge in [-0.25, -0.2) is 14.4 Å².